The quantitative estimate of drug-likeness (QED) is 0.510. The molecule has 0 saturated heterocycles. The number of nitrogens with one attached hydrogen (secondary N) is 2. The van der Waals surface area contributed by atoms with Crippen molar-refractivity contribution in [2.75, 3.05) is 25.1 Å². The summed E-state index contributed by atoms with van der Waals surface area (Å²) in [5.41, 5.74) is 0.187. The Balaban J connectivity index is 2.18. The lowest BCUT2D eigenvalue weighted by molar-refractivity contribution is 0.0696. The molecule has 9 heteroatoms. The number of aromatic carboxylic acids is 1. The Bertz CT molecular complexity index is 818. The van der Waals surface area contributed by atoms with Crippen LogP contribution in [0.25, 0.3) is 0 Å². The maximum absolute atomic E-state index is 12.6. The summed E-state index contributed by atoms with van der Waals surface area (Å²) in [4.78, 5) is 11.1. The molecule has 26 heavy (non-hydrogen) atoms. The van der Waals surface area contributed by atoms with E-state index in [4.69, 9.17) is 14.3 Å². The molecule has 2 aromatic rings. The average molecular weight is 382 g/mol. The van der Waals surface area contributed by atoms with Crippen LogP contribution < -0.4 is 10.0 Å². The van der Waals surface area contributed by atoms with Gasteiger partial charge in [-0.2, -0.15) is 0 Å². The van der Waals surface area contributed by atoms with Gasteiger partial charge in [0.25, 0.3) is 0 Å². The number of furan rings is 1. The molecule has 0 atom stereocenters. The summed E-state index contributed by atoms with van der Waals surface area (Å²) >= 11 is 0. The highest BCUT2D eigenvalue weighted by atomic mass is 32.2. The minimum atomic E-state index is -3.89. The van der Waals surface area contributed by atoms with Crippen molar-refractivity contribution in [3.8, 4) is 0 Å². The molecule has 1 aromatic carbocycles. The molecule has 142 valence electrons. The predicted molar refractivity (Wildman–Crippen MR) is 95.7 cm³/mol. The summed E-state index contributed by atoms with van der Waals surface area (Å²) in [5.74, 6) is -0.573. The number of carbonyl (C=O) groups is 1. The second kappa shape index (κ2) is 9.37. The number of hydrogen-bond donors (Lipinski definition) is 3. The van der Waals surface area contributed by atoms with Gasteiger partial charge in [0.1, 0.15) is 10.7 Å². The van der Waals surface area contributed by atoms with E-state index in [1.807, 2.05) is 6.92 Å². The van der Waals surface area contributed by atoms with Gasteiger partial charge in [-0.3, -0.25) is 0 Å². The topological polar surface area (TPSA) is 118 Å². The molecule has 0 aliphatic carbocycles. The number of hydrogen-bond acceptors (Lipinski definition) is 6. The zero-order valence-corrected chi connectivity index (χ0v) is 15.2. The summed E-state index contributed by atoms with van der Waals surface area (Å²) in [7, 11) is -3.89. The highest BCUT2D eigenvalue weighted by Gasteiger charge is 2.20. The molecule has 8 nitrogen and oxygen atoms in total. The van der Waals surface area contributed by atoms with Gasteiger partial charge in [-0.05, 0) is 43.7 Å². The molecule has 3 N–H and O–H groups in total. The molecule has 0 fully saturated rings. The van der Waals surface area contributed by atoms with E-state index in [1.165, 1.54) is 18.4 Å². The molecule has 0 saturated carbocycles. The minimum Gasteiger partial charge on any atom is -0.478 e. The average Bonchev–Trinajstić information content (AvgIpc) is 3.13. The van der Waals surface area contributed by atoms with Gasteiger partial charge in [0.15, 0.2) is 0 Å². The lowest BCUT2D eigenvalue weighted by Crippen LogP contribution is -2.26. The van der Waals surface area contributed by atoms with E-state index in [1.54, 1.807) is 12.1 Å². The number of carboxylic acids is 1. The Kier molecular flexibility index (Phi) is 7.19. The van der Waals surface area contributed by atoms with Crippen molar-refractivity contribution in [3.63, 3.8) is 0 Å². The number of carboxylic acid groups (broad SMARTS) is 1. The van der Waals surface area contributed by atoms with Crippen LogP contribution in [0.1, 0.15) is 29.5 Å². The zero-order chi connectivity index (χ0) is 19.0. The predicted octanol–water partition coefficient (Wildman–Crippen LogP) is 2.29. The molecular formula is C17H22N2O6S. The molecule has 0 aliphatic rings. The van der Waals surface area contributed by atoms with E-state index in [0.29, 0.717) is 31.1 Å². The summed E-state index contributed by atoms with van der Waals surface area (Å²) in [6, 6.07) is 7.39. The SMILES string of the molecule is CCOCCCNS(=O)(=O)c1cc(C(=O)O)ccc1NCc1ccco1. The monoisotopic (exact) mass is 382 g/mol. The first kappa shape index (κ1) is 20.0. The highest BCUT2D eigenvalue weighted by Crippen LogP contribution is 2.24. The van der Waals surface area contributed by atoms with Crippen LogP contribution in [0.2, 0.25) is 0 Å². The van der Waals surface area contributed by atoms with Crippen LogP contribution in [0, 0.1) is 0 Å². The first-order valence-electron chi connectivity index (χ1n) is 8.15. The molecule has 0 amide bonds. The van der Waals surface area contributed by atoms with Crippen LogP contribution in [0.4, 0.5) is 5.69 Å². The van der Waals surface area contributed by atoms with Gasteiger partial charge in [0.2, 0.25) is 10.0 Å². The van der Waals surface area contributed by atoms with Crippen molar-refractivity contribution < 1.29 is 27.5 Å². The molecule has 0 spiro atoms. The van der Waals surface area contributed by atoms with Crippen LogP contribution in [-0.4, -0.2) is 39.3 Å². The summed E-state index contributed by atoms with van der Waals surface area (Å²) in [6.45, 7) is 3.33. The first-order valence-corrected chi connectivity index (χ1v) is 9.63. The highest BCUT2D eigenvalue weighted by molar-refractivity contribution is 7.89. The van der Waals surface area contributed by atoms with E-state index >= 15 is 0 Å². The third-order valence-electron chi connectivity index (χ3n) is 3.51. The van der Waals surface area contributed by atoms with Crippen molar-refractivity contribution in [1.29, 1.82) is 0 Å². The first-order chi connectivity index (χ1) is 12.4. The summed E-state index contributed by atoms with van der Waals surface area (Å²) < 4.78 is 38.1. The Morgan fingerprint density at radius 2 is 2.12 bits per heavy atom. The molecule has 1 aromatic heterocycles. The molecule has 0 bridgehead atoms. The Morgan fingerprint density at radius 3 is 2.77 bits per heavy atom. The molecule has 2 rings (SSSR count). The lowest BCUT2D eigenvalue weighted by atomic mass is 10.2. The number of ether oxygens (including phenoxy) is 1. The van der Waals surface area contributed by atoms with Crippen LogP contribution in [-0.2, 0) is 21.3 Å². The van der Waals surface area contributed by atoms with E-state index in [0.717, 1.165) is 6.07 Å². The Hall–Kier alpha value is -2.36. The third kappa shape index (κ3) is 5.58. The largest absolute Gasteiger partial charge is 0.478 e. The smallest absolute Gasteiger partial charge is 0.335 e. The van der Waals surface area contributed by atoms with E-state index < -0.39 is 16.0 Å². The van der Waals surface area contributed by atoms with Gasteiger partial charge in [-0.1, -0.05) is 0 Å². The number of benzene rings is 1. The van der Waals surface area contributed by atoms with E-state index in [2.05, 4.69) is 10.0 Å². The number of rotatable bonds is 11. The summed E-state index contributed by atoms with van der Waals surface area (Å²) in [6.07, 6.45) is 2.03. The molecular weight excluding hydrogens is 360 g/mol. The second-order valence-corrected chi connectivity index (χ2v) is 7.13. The maximum atomic E-state index is 12.6. The molecule has 0 aliphatic heterocycles. The third-order valence-corrected chi connectivity index (χ3v) is 5.01. The van der Waals surface area contributed by atoms with Gasteiger partial charge in [-0.25, -0.2) is 17.9 Å². The van der Waals surface area contributed by atoms with Gasteiger partial charge < -0.3 is 19.6 Å². The van der Waals surface area contributed by atoms with E-state index in [-0.39, 0.29) is 23.5 Å². The standard InChI is InChI=1S/C17H22N2O6S/c1-2-24-9-4-8-19-26(22,23)16-11-13(17(20)21)6-7-15(16)18-12-14-5-3-10-25-14/h3,5-7,10-11,18-19H,2,4,8-9,12H2,1H3,(H,20,21). The summed E-state index contributed by atoms with van der Waals surface area (Å²) in [5, 5.41) is 12.1. The Labute approximate surface area is 152 Å². The number of anilines is 1. The van der Waals surface area contributed by atoms with Crippen molar-refractivity contribution in [3.05, 3.63) is 47.9 Å². The maximum Gasteiger partial charge on any atom is 0.335 e. The fourth-order valence-corrected chi connectivity index (χ4v) is 3.50. The Morgan fingerprint density at radius 1 is 1.31 bits per heavy atom. The lowest BCUT2D eigenvalue weighted by Gasteiger charge is -2.14. The van der Waals surface area contributed by atoms with Crippen molar-refractivity contribution in [2.24, 2.45) is 0 Å². The second-order valence-electron chi connectivity index (χ2n) is 5.40. The van der Waals surface area contributed by atoms with Crippen molar-refractivity contribution in [2.45, 2.75) is 24.8 Å². The van der Waals surface area contributed by atoms with Crippen molar-refractivity contribution >= 4 is 21.7 Å². The van der Waals surface area contributed by atoms with Crippen LogP contribution in [0.5, 0.6) is 0 Å². The fraction of sp³-hybridized carbons (Fsp3) is 0.353. The van der Waals surface area contributed by atoms with Crippen molar-refractivity contribution in [1.82, 2.24) is 4.72 Å². The molecule has 0 unspecified atom stereocenters. The van der Waals surface area contributed by atoms with Crippen LogP contribution >= 0.6 is 0 Å². The fourth-order valence-electron chi connectivity index (χ4n) is 2.22. The van der Waals surface area contributed by atoms with Gasteiger partial charge >= 0.3 is 5.97 Å². The number of sulfonamides is 1. The van der Waals surface area contributed by atoms with Gasteiger partial charge in [0.05, 0.1) is 24.1 Å². The molecule has 0 radical (unpaired) electrons. The van der Waals surface area contributed by atoms with Crippen LogP contribution in [0.15, 0.2) is 45.9 Å². The molecule has 1 heterocycles. The normalized spacial score (nSPS) is 11.4. The van der Waals surface area contributed by atoms with Gasteiger partial charge in [-0.15, -0.1) is 0 Å². The minimum absolute atomic E-state index is 0.108. The zero-order valence-electron chi connectivity index (χ0n) is 14.4. The van der Waals surface area contributed by atoms with Crippen LogP contribution in [0.3, 0.4) is 0 Å². The van der Waals surface area contributed by atoms with Gasteiger partial charge in [0, 0.05) is 19.8 Å². The van der Waals surface area contributed by atoms with E-state index in [9.17, 15) is 13.2 Å².